The van der Waals surface area contributed by atoms with Gasteiger partial charge in [0, 0.05) is 5.75 Å². The largest absolute Gasteiger partial charge is 0.449 e. The van der Waals surface area contributed by atoms with E-state index in [9.17, 15) is 4.79 Å². The minimum Gasteiger partial charge on any atom is -0.449 e. The Morgan fingerprint density at radius 1 is 1.64 bits per heavy atom. The Bertz CT molecular complexity index is 234. The van der Waals surface area contributed by atoms with Crippen molar-refractivity contribution in [3.8, 4) is 0 Å². The maximum Gasteiger partial charge on any atom is 0.193 e. The average Bonchev–Trinajstić information content (AvgIpc) is 2.37. The van der Waals surface area contributed by atoms with Gasteiger partial charge in [0.25, 0.3) is 0 Å². The van der Waals surface area contributed by atoms with Crippen molar-refractivity contribution in [3.63, 3.8) is 0 Å². The molecule has 0 radical (unpaired) electrons. The highest BCUT2D eigenvalue weighted by Crippen LogP contribution is 2.17. The number of rotatable bonds is 4. The van der Waals surface area contributed by atoms with Gasteiger partial charge in [0.15, 0.2) is 5.22 Å². The lowest BCUT2D eigenvalue weighted by atomic mass is 10.5. The molecule has 0 aliphatic heterocycles. The molecule has 0 aromatic carbocycles. The smallest absolute Gasteiger partial charge is 0.193 e. The Morgan fingerprint density at radius 2 is 2.45 bits per heavy atom. The van der Waals surface area contributed by atoms with Crippen LogP contribution in [0, 0.1) is 0 Å². The van der Waals surface area contributed by atoms with E-state index in [0.29, 0.717) is 16.7 Å². The predicted octanol–water partition coefficient (Wildman–Crippen LogP) is 2.37. The van der Waals surface area contributed by atoms with Crippen LogP contribution in [0.5, 0.6) is 0 Å². The Morgan fingerprint density at radius 3 is 3.00 bits per heavy atom. The monoisotopic (exact) mass is 190 g/mol. The van der Waals surface area contributed by atoms with Crippen molar-refractivity contribution in [2.24, 2.45) is 0 Å². The highest BCUT2D eigenvalue weighted by molar-refractivity contribution is 7.99. The van der Waals surface area contributed by atoms with Crippen molar-refractivity contribution in [3.05, 3.63) is 23.1 Å². The van der Waals surface area contributed by atoms with E-state index in [1.54, 1.807) is 12.1 Å². The van der Waals surface area contributed by atoms with E-state index in [1.165, 1.54) is 11.8 Å². The number of carbonyl (C=O) groups excluding carboxylic acids is 1. The lowest BCUT2D eigenvalue weighted by Gasteiger charge is -1.90. The van der Waals surface area contributed by atoms with Crippen LogP contribution < -0.4 is 0 Å². The standard InChI is InChI=1S/C7H7ClO2S/c8-7-2-1-6(10-7)5-11-4-3-9/h1-3H,4-5H2. The van der Waals surface area contributed by atoms with Crippen LogP contribution in [0.15, 0.2) is 16.5 Å². The first kappa shape index (κ1) is 8.68. The second-order valence-corrected chi connectivity index (χ2v) is 3.29. The van der Waals surface area contributed by atoms with Crippen molar-refractivity contribution in [2.75, 3.05) is 5.75 Å². The van der Waals surface area contributed by atoms with Crippen LogP contribution in [0.4, 0.5) is 0 Å². The second kappa shape index (κ2) is 4.46. The van der Waals surface area contributed by atoms with Gasteiger partial charge in [-0.05, 0) is 23.7 Å². The van der Waals surface area contributed by atoms with Crippen molar-refractivity contribution < 1.29 is 9.21 Å². The third-order valence-electron chi connectivity index (χ3n) is 1.06. The van der Waals surface area contributed by atoms with Crippen LogP contribution in [-0.4, -0.2) is 12.0 Å². The molecule has 2 nitrogen and oxygen atoms in total. The number of aldehydes is 1. The lowest BCUT2D eigenvalue weighted by Crippen LogP contribution is -1.80. The molecule has 1 aromatic heterocycles. The molecule has 0 saturated carbocycles. The van der Waals surface area contributed by atoms with E-state index in [1.807, 2.05) is 0 Å². The molecule has 0 saturated heterocycles. The van der Waals surface area contributed by atoms with E-state index < -0.39 is 0 Å². The van der Waals surface area contributed by atoms with E-state index in [4.69, 9.17) is 16.0 Å². The van der Waals surface area contributed by atoms with Crippen molar-refractivity contribution in [1.29, 1.82) is 0 Å². The first-order valence-corrected chi connectivity index (χ1v) is 4.62. The van der Waals surface area contributed by atoms with Crippen LogP contribution in [0.2, 0.25) is 5.22 Å². The summed E-state index contributed by atoms with van der Waals surface area (Å²) in [5.41, 5.74) is 0. The van der Waals surface area contributed by atoms with Gasteiger partial charge in [-0.15, -0.1) is 11.8 Å². The molecule has 1 aromatic rings. The fourth-order valence-corrected chi connectivity index (χ4v) is 1.37. The summed E-state index contributed by atoms with van der Waals surface area (Å²) in [6.07, 6.45) is 0.870. The van der Waals surface area contributed by atoms with Crippen molar-refractivity contribution in [2.45, 2.75) is 5.75 Å². The van der Waals surface area contributed by atoms with Gasteiger partial charge in [-0.3, -0.25) is 0 Å². The summed E-state index contributed by atoms with van der Waals surface area (Å²) in [4.78, 5) is 9.92. The summed E-state index contributed by atoms with van der Waals surface area (Å²) in [5.74, 6) is 2.01. The maximum absolute atomic E-state index is 9.92. The van der Waals surface area contributed by atoms with E-state index >= 15 is 0 Å². The summed E-state index contributed by atoms with van der Waals surface area (Å²) in [6.45, 7) is 0. The van der Waals surface area contributed by atoms with Crippen LogP contribution in [0.3, 0.4) is 0 Å². The molecule has 0 N–H and O–H groups in total. The quantitative estimate of drug-likeness (QED) is 0.540. The summed E-state index contributed by atoms with van der Waals surface area (Å²) in [7, 11) is 0. The molecule has 4 heteroatoms. The van der Waals surface area contributed by atoms with Gasteiger partial charge in [-0.1, -0.05) is 0 Å². The minimum atomic E-state index is 0.395. The molecule has 0 bridgehead atoms. The molecule has 0 aliphatic carbocycles. The SMILES string of the molecule is O=CCSCc1ccc(Cl)o1. The van der Waals surface area contributed by atoms with Crippen LogP contribution in [0.25, 0.3) is 0 Å². The predicted molar refractivity (Wildman–Crippen MR) is 45.9 cm³/mol. The molecule has 1 heterocycles. The van der Waals surface area contributed by atoms with Gasteiger partial charge in [-0.25, -0.2) is 0 Å². The highest BCUT2D eigenvalue weighted by atomic mass is 35.5. The zero-order valence-corrected chi connectivity index (χ0v) is 7.32. The number of furan rings is 1. The normalized spacial score (nSPS) is 9.91. The minimum absolute atomic E-state index is 0.395. The average molecular weight is 191 g/mol. The van der Waals surface area contributed by atoms with E-state index in [0.717, 1.165) is 12.0 Å². The molecular formula is C7H7ClO2S. The first-order valence-electron chi connectivity index (χ1n) is 3.08. The number of hydrogen-bond acceptors (Lipinski definition) is 3. The maximum atomic E-state index is 9.92. The van der Waals surface area contributed by atoms with Crippen LogP contribution >= 0.6 is 23.4 Å². The van der Waals surface area contributed by atoms with Gasteiger partial charge in [-0.2, -0.15) is 0 Å². The number of hydrogen-bond donors (Lipinski definition) is 0. The molecule has 11 heavy (non-hydrogen) atoms. The zero-order chi connectivity index (χ0) is 8.10. The summed E-state index contributed by atoms with van der Waals surface area (Å²) < 4.78 is 5.06. The highest BCUT2D eigenvalue weighted by Gasteiger charge is 1.98. The Kier molecular flexibility index (Phi) is 3.52. The van der Waals surface area contributed by atoms with Crippen LogP contribution in [0.1, 0.15) is 5.76 Å². The van der Waals surface area contributed by atoms with Gasteiger partial charge < -0.3 is 9.21 Å². The third kappa shape index (κ3) is 2.99. The first-order chi connectivity index (χ1) is 5.33. The molecular weight excluding hydrogens is 184 g/mol. The molecule has 0 unspecified atom stereocenters. The molecule has 0 aliphatic rings. The van der Waals surface area contributed by atoms with E-state index in [-0.39, 0.29) is 0 Å². The van der Waals surface area contributed by atoms with Gasteiger partial charge in [0.2, 0.25) is 0 Å². The Hall–Kier alpha value is -0.410. The molecule has 0 atom stereocenters. The second-order valence-electron chi connectivity index (χ2n) is 1.89. The van der Waals surface area contributed by atoms with Crippen LogP contribution in [-0.2, 0) is 10.5 Å². The fourth-order valence-electron chi connectivity index (χ4n) is 0.637. The fraction of sp³-hybridized carbons (Fsp3) is 0.286. The molecule has 0 spiro atoms. The lowest BCUT2D eigenvalue weighted by molar-refractivity contribution is -0.105. The van der Waals surface area contributed by atoms with Gasteiger partial charge in [0.1, 0.15) is 12.0 Å². The molecule has 60 valence electrons. The number of halogens is 1. The Labute approximate surface area is 73.9 Å². The van der Waals surface area contributed by atoms with E-state index in [2.05, 4.69) is 0 Å². The number of thioether (sulfide) groups is 1. The Balaban J connectivity index is 2.32. The van der Waals surface area contributed by atoms with Gasteiger partial charge in [0.05, 0.1) is 5.75 Å². The topological polar surface area (TPSA) is 30.2 Å². The third-order valence-corrected chi connectivity index (χ3v) is 2.12. The molecule has 1 rings (SSSR count). The van der Waals surface area contributed by atoms with Crippen molar-refractivity contribution in [1.82, 2.24) is 0 Å². The summed E-state index contributed by atoms with van der Waals surface area (Å²) >= 11 is 7.03. The molecule has 0 fully saturated rings. The van der Waals surface area contributed by atoms with Crippen molar-refractivity contribution >= 4 is 29.6 Å². The van der Waals surface area contributed by atoms with Gasteiger partial charge >= 0.3 is 0 Å². The summed E-state index contributed by atoms with van der Waals surface area (Å²) in [6, 6.07) is 3.50. The molecule has 0 amide bonds. The zero-order valence-electron chi connectivity index (χ0n) is 5.75. The summed E-state index contributed by atoms with van der Waals surface area (Å²) in [5, 5.41) is 0.395. The number of carbonyl (C=O) groups is 1.